The van der Waals surface area contributed by atoms with Crippen LogP contribution in [0.2, 0.25) is 0 Å². The van der Waals surface area contributed by atoms with Crippen molar-refractivity contribution in [3.8, 4) is 5.75 Å². The highest BCUT2D eigenvalue weighted by Crippen LogP contribution is 2.31. The topological polar surface area (TPSA) is 35.2 Å². The molecule has 2 heteroatoms. The zero-order chi connectivity index (χ0) is 13.1. The summed E-state index contributed by atoms with van der Waals surface area (Å²) in [5.41, 5.74) is 8.90. The van der Waals surface area contributed by atoms with Crippen LogP contribution in [0.5, 0.6) is 5.75 Å². The van der Waals surface area contributed by atoms with E-state index >= 15 is 0 Å². The van der Waals surface area contributed by atoms with Crippen molar-refractivity contribution >= 4 is 0 Å². The fraction of sp³-hybridized carbons (Fsp3) is 0.647. The molecule has 0 spiro atoms. The molecule has 2 aliphatic rings. The highest BCUT2D eigenvalue weighted by atomic mass is 16.5. The molecule has 1 aromatic carbocycles. The van der Waals surface area contributed by atoms with E-state index < -0.39 is 0 Å². The Labute approximate surface area is 116 Å². The molecule has 2 N–H and O–H groups in total. The number of rotatable bonds is 2. The third-order valence-corrected chi connectivity index (χ3v) is 4.58. The Morgan fingerprint density at radius 2 is 1.74 bits per heavy atom. The van der Waals surface area contributed by atoms with Gasteiger partial charge in [0.25, 0.3) is 0 Å². The maximum absolute atomic E-state index is 6.20. The first kappa shape index (κ1) is 13.0. The number of fused-ring (bicyclic) bond motifs is 1. The normalized spacial score (nSPS) is 24.6. The van der Waals surface area contributed by atoms with E-state index in [0.29, 0.717) is 6.10 Å². The minimum Gasteiger partial charge on any atom is -0.490 e. The van der Waals surface area contributed by atoms with Crippen LogP contribution < -0.4 is 10.5 Å². The second-order valence-electron chi connectivity index (χ2n) is 6.09. The lowest BCUT2D eigenvalue weighted by Crippen LogP contribution is -2.18. The lowest BCUT2D eigenvalue weighted by atomic mass is 9.88. The van der Waals surface area contributed by atoms with Crippen molar-refractivity contribution in [3.05, 3.63) is 29.3 Å². The van der Waals surface area contributed by atoms with E-state index in [1.54, 1.807) is 0 Å². The molecule has 0 saturated heterocycles. The third-order valence-electron chi connectivity index (χ3n) is 4.58. The zero-order valence-electron chi connectivity index (χ0n) is 11.7. The molecular weight excluding hydrogens is 234 g/mol. The predicted octanol–water partition coefficient (Wildman–Crippen LogP) is 4.12. The molecule has 0 aromatic heterocycles. The molecule has 0 amide bonds. The van der Waals surface area contributed by atoms with Gasteiger partial charge in [-0.3, -0.25) is 0 Å². The molecule has 0 heterocycles. The van der Waals surface area contributed by atoms with Gasteiger partial charge in [-0.15, -0.1) is 0 Å². The second-order valence-corrected chi connectivity index (χ2v) is 6.09. The molecule has 1 fully saturated rings. The average Bonchev–Trinajstić information content (AvgIpc) is 2.68. The molecule has 0 bridgehead atoms. The SMILES string of the molecule is NC1CCCc2cc(OC3CCCCCC3)ccc21. The van der Waals surface area contributed by atoms with Gasteiger partial charge in [0.2, 0.25) is 0 Å². The van der Waals surface area contributed by atoms with Gasteiger partial charge in [0.05, 0.1) is 6.10 Å². The van der Waals surface area contributed by atoms with Gasteiger partial charge in [-0.1, -0.05) is 18.9 Å². The molecular formula is C17H25NO. The molecule has 0 aliphatic heterocycles. The lowest BCUT2D eigenvalue weighted by molar-refractivity contribution is 0.183. The standard InChI is InChI=1S/C17H25NO/c18-17-9-5-6-13-12-15(10-11-16(13)17)19-14-7-3-1-2-4-8-14/h10-12,14,17H,1-9,18H2. The molecule has 1 unspecified atom stereocenters. The van der Waals surface area contributed by atoms with E-state index in [4.69, 9.17) is 10.5 Å². The number of hydrogen-bond acceptors (Lipinski definition) is 2. The third kappa shape index (κ3) is 3.11. The maximum atomic E-state index is 6.20. The van der Waals surface area contributed by atoms with Gasteiger partial charge in [-0.2, -0.15) is 0 Å². The van der Waals surface area contributed by atoms with Crippen LogP contribution >= 0.6 is 0 Å². The number of hydrogen-bond donors (Lipinski definition) is 1. The average molecular weight is 259 g/mol. The Balaban J connectivity index is 1.71. The minimum atomic E-state index is 0.232. The van der Waals surface area contributed by atoms with Crippen molar-refractivity contribution in [2.75, 3.05) is 0 Å². The van der Waals surface area contributed by atoms with Crippen molar-refractivity contribution in [3.63, 3.8) is 0 Å². The molecule has 1 saturated carbocycles. The summed E-state index contributed by atoms with van der Waals surface area (Å²) in [5, 5.41) is 0. The fourth-order valence-electron chi connectivity index (χ4n) is 3.45. The van der Waals surface area contributed by atoms with Crippen LogP contribution in [0.1, 0.15) is 68.5 Å². The molecule has 1 atom stereocenters. The van der Waals surface area contributed by atoms with Crippen LogP contribution in [0.25, 0.3) is 0 Å². The molecule has 2 aliphatic carbocycles. The Bertz CT molecular complexity index is 421. The highest BCUT2D eigenvalue weighted by Gasteiger charge is 2.18. The number of nitrogens with two attached hydrogens (primary N) is 1. The van der Waals surface area contributed by atoms with Crippen molar-refractivity contribution in [2.24, 2.45) is 5.73 Å². The first-order chi connectivity index (χ1) is 9.33. The van der Waals surface area contributed by atoms with E-state index in [9.17, 15) is 0 Å². The van der Waals surface area contributed by atoms with Crippen LogP contribution in [-0.2, 0) is 6.42 Å². The van der Waals surface area contributed by atoms with Gasteiger partial charge in [-0.05, 0) is 68.2 Å². The fourth-order valence-corrected chi connectivity index (χ4v) is 3.45. The van der Waals surface area contributed by atoms with E-state index in [-0.39, 0.29) is 6.04 Å². The summed E-state index contributed by atoms with van der Waals surface area (Å²) in [7, 11) is 0. The molecule has 104 valence electrons. The summed E-state index contributed by atoms with van der Waals surface area (Å²) < 4.78 is 6.20. The smallest absolute Gasteiger partial charge is 0.120 e. The molecule has 2 nitrogen and oxygen atoms in total. The van der Waals surface area contributed by atoms with Gasteiger partial charge in [0.1, 0.15) is 5.75 Å². The summed E-state index contributed by atoms with van der Waals surface area (Å²) in [6.07, 6.45) is 11.7. The Hall–Kier alpha value is -1.02. The summed E-state index contributed by atoms with van der Waals surface area (Å²) >= 11 is 0. The summed E-state index contributed by atoms with van der Waals surface area (Å²) in [4.78, 5) is 0. The van der Waals surface area contributed by atoms with Crippen molar-refractivity contribution < 1.29 is 4.74 Å². The monoisotopic (exact) mass is 259 g/mol. The summed E-state index contributed by atoms with van der Waals surface area (Å²) in [5.74, 6) is 1.06. The maximum Gasteiger partial charge on any atom is 0.120 e. The Kier molecular flexibility index (Phi) is 4.07. The number of aryl methyl sites for hydroxylation is 1. The van der Waals surface area contributed by atoms with Gasteiger partial charge in [0, 0.05) is 6.04 Å². The van der Waals surface area contributed by atoms with Crippen LogP contribution in [0, 0.1) is 0 Å². The quantitative estimate of drug-likeness (QED) is 0.811. The Morgan fingerprint density at radius 1 is 0.947 bits per heavy atom. The molecule has 1 aromatic rings. The molecule has 19 heavy (non-hydrogen) atoms. The van der Waals surface area contributed by atoms with E-state index in [1.807, 2.05) is 0 Å². The van der Waals surface area contributed by atoms with E-state index in [0.717, 1.165) is 18.6 Å². The minimum absolute atomic E-state index is 0.232. The van der Waals surface area contributed by atoms with Crippen molar-refractivity contribution in [1.82, 2.24) is 0 Å². The number of benzene rings is 1. The number of ether oxygens (including phenoxy) is 1. The highest BCUT2D eigenvalue weighted by molar-refractivity contribution is 5.39. The Morgan fingerprint density at radius 3 is 2.53 bits per heavy atom. The first-order valence-electron chi connectivity index (χ1n) is 7.88. The predicted molar refractivity (Wildman–Crippen MR) is 78.4 cm³/mol. The molecule has 0 radical (unpaired) electrons. The largest absolute Gasteiger partial charge is 0.490 e. The zero-order valence-corrected chi connectivity index (χ0v) is 11.7. The lowest BCUT2D eigenvalue weighted by Gasteiger charge is -2.24. The van der Waals surface area contributed by atoms with Crippen LogP contribution in [-0.4, -0.2) is 6.10 Å². The van der Waals surface area contributed by atoms with Crippen molar-refractivity contribution in [1.29, 1.82) is 0 Å². The van der Waals surface area contributed by atoms with Gasteiger partial charge in [-0.25, -0.2) is 0 Å². The van der Waals surface area contributed by atoms with Gasteiger partial charge >= 0.3 is 0 Å². The van der Waals surface area contributed by atoms with Crippen LogP contribution in [0.4, 0.5) is 0 Å². The second kappa shape index (κ2) is 5.96. The van der Waals surface area contributed by atoms with E-state index in [1.165, 1.54) is 56.1 Å². The van der Waals surface area contributed by atoms with Gasteiger partial charge < -0.3 is 10.5 Å². The summed E-state index contributed by atoms with van der Waals surface area (Å²) in [6, 6.07) is 6.77. The summed E-state index contributed by atoms with van der Waals surface area (Å²) in [6.45, 7) is 0. The van der Waals surface area contributed by atoms with Crippen LogP contribution in [0.15, 0.2) is 18.2 Å². The first-order valence-corrected chi connectivity index (χ1v) is 7.88. The van der Waals surface area contributed by atoms with Gasteiger partial charge in [0.15, 0.2) is 0 Å². The van der Waals surface area contributed by atoms with Crippen molar-refractivity contribution in [2.45, 2.75) is 69.9 Å². The van der Waals surface area contributed by atoms with E-state index in [2.05, 4.69) is 18.2 Å². The van der Waals surface area contributed by atoms with Crippen LogP contribution in [0.3, 0.4) is 0 Å². The molecule has 3 rings (SSSR count).